The van der Waals surface area contributed by atoms with E-state index >= 15 is 0 Å². The second kappa shape index (κ2) is 6.85. The molecule has 1 aromatic carbocycles. The second-order valence-electron chi connectivity index (χ2n) is 6.87. The van der Waals surface area contributed by atoms with Crippen molar-refractivity contribution in [3.05, 3.63) is 69.1 Å². The van der Waals surface area contributed by atoms with E-state index < -0.39 is 0 Å². The average molecular weight is 388 g/mol. The molecule has 4 rings (SSSR count). The van der Waals surface area contributed by atoms with Gasteiger partial charge in [0.2, 0.25) is 0 Å². The van der Waals surface area contributed by atoms with Crippen LogP contribution in [0.15, 0.2) is 47.3 Å². The highest BCUT2D eigenvalue weighted by atomic mass is 35.5. The highest BCUT2D eigenvalue weighted by Crippen LogP contribution is 2.34. The van der Waals surface area contributed by atoms with Crippen molar-refractivity contribution in [1.29, 1.82) is 0 Å². The van der Waals surface area contributed by atoms with Crippen LogP contribution >= 0.6 is 23.8 Å². The Balaban J connectivity index is 1.48. The quantitative estimate of drug-likeness (QED) is 0.764. The number of nitrogens with one attached hydrogen (secondary N) is 1. The number of hydrogen-bond donors (Lipinski definition) is 1. The molecule has 1 saturated heterocycles. The zero-order valence-electron chi connectivity index (χ0n) is 14.0. The molecule has 2 bridgehead atoms. The van der Waals surface area contributed by atoms with E-state index in [0.717, 1.165) is 18.7 Å². The number of hydrogen-bond acceptors (Lipinski definition) is 3. The first-order chi connectivity index (χ1) is 12.5. The molecular weight excluding hydrogens is 370 g/mol. The van der Waals surface area contributed by atoms with E-state index in [-0.39, 0.29) is 17.4 Å². The van der Waals surface area contributed by atoms with E-state index in [9.17, 15) is 9.59 Å². The number of nitrogens with zero attached hydrogens (tertiary/aromatic N) is 2. The van der Waals surface area contributed by atoms with Crippen molar-refractivity contribution >= 4 is 34.8 Å². The molecule has 2 aliphatic heterocycles. The molecule has 134 valence electrons. The molecular formula is C19H18ClN3O2S. The maximum absolute atomic E-state index is 12.4. The number of amides is 1. The molecule has 2 atom stereocenters. The maximum Gasteiger partial charge on any atom is 0.257 e. The predicted molar refractivity (Wildman–Crippen MR) is 105 cm³/mol. The Morgan fingerprint density at radius 2 is 1.88 bits per heavy atom. The first-order valence-electron chi connectivity index (χ1n) is 8.57. The summed E-state index contributed by atoms with van der Waals surface area (Å²) in [7, 11) is 0. The fourth-order valence-corrected chi connectivity index (χ4v) is 4.28. The van der Waals surface area contributed by atoms with Gasteiger partial charge in [0.15, 0.2) is 5.11 Å². The van der Waals surface area contributed by atoms with Crippen LogP contribution in [0.4, 0.5) is 0 Å². The number of halogens is 1. The molecule has 1 aromatic heterocycles. The normalized spacial score (nSPS) is 21.0. The van der Waals surface area contributed by atoms with E-state index in [0.29, 0.717) is 34.7 Å². The number of benzene rings is 1. The van der Waals surface area contributed by atoms with E-state index in [1.54, 1.807) is 30.3 Å². The minimum absolute atomic E-state index is 0.0595. The standard InChI is InChI=1S/C19H18ClN3O2S/c20-15-6-4-13(5-7-15)18(25)21-19(26)22-9-12-8-14(11-22)16-2-1-3-17(24)23(16)10-12/h1-7,12,14H,8-11H2,(H,21,25,26). The van der Waals surface area contributed by atoms with Crippen LogP contribution in [-0.4, -0.2) is 33.6 Å². The first kappa shape index (κ1) is 17.2. The number of likely N-dealkylation sites (tertiary alicyclic amines) is 1. The average Bonchev–Trinajstić information content (AvgIpc) is 2.63. The molecule has 3 heterocycles. The lowest BCUT2D eigenvalue weighted by Crippen LogP contribution is -2.52. The number of aromatic nitrogens is 1. The van der Waals surface area contributed by atoms with Crippen LogP contribution < -0.4 is 10.9 Å². The zero-order valence-corrected chi connectivity index (χ0v) is 15.6. The van der Waals surface area contributed by atoms with Gasteiger partial charge >= 0.3 is 0 Å². The molecule has 7 heteroatoms. The number of fused-ring (bicyclic) bond motifs is 4. The van der Waals surface area contributed by atoms with Gasteiger partial charge in [-0.05, 0) is 54.9 Å². The summed E-state index contributed by atoms with van der Waals surface area (Å²) in [5.41, 5.74) is 1.64. The van der Waals surface area contributed by atoms with Gasteiger partial charge in [0, 0.05) is 47.9 Å². The minimum Gasteiger partial charge on any atom is -0.348 e. The molecule has 2 aliphatic rings. The van der Waals surface area contributed by atoms with Gasteiger partial charge in [-0.25, -0.2) is 0 Å². The number of piperidine rings is 1. The Kier molecular flexibility index (Phi) is 4.54. The highest BCUT2D eigenvalue weighted by Gasteiger charge is 2.35. The van der Waals surface area contributed by atoms with Gasteiger partial charge < -0.3 is 9.47 Å². The van der Waals surface area contributed by atoms with Gasteiger partial charge in [-0.1, -0.05) is 17.7 Å². The number of carbonyl (C=O) groups excluding carboxylic acids is 1. The molecule has 26 heavy (non-hydrogen) atoms. The first-order valence-corrected chi connectivity index (χ1v) is 9.35. The molecule has 2 unspecified atom stereocenters. The summed E-state index contributed by atoms with van der Waals surface area (Å²) in [6, 6.07) is 12.1. The van der Waals surface area contributed by atoms with Crippen molar-refractivity contribution in [2.45, 2.75) is 18.9 Å². The van der Waals surface area contributed by atoms with Crippen LogP contribution in [0.5, 0.6) is 0 Å². The van der Waals surface area contributed by atoms with Crippen LogP contribution in [0.25, 0.3) is 0 Å². The summed E-state index contributed by atoms with van der Waals surface area (Å²) in [5.74, 6) is 0.368. The molecule has 1 amide bonds. The second-order valence-corrected chi connectivity index (χ2v) is 7.69. The van der Waals surface area contributed by atoms with E-state index in [2.05, 4.69) is 5.32 Å². The lowest BCUT2D eigenvalue weighted by atomic mass is 9.83. The number of pyridine rings is 1. The number of thiocarbonyl (C=S) groups is 1. The molecule has 1 fully saturated rings. The van der Waals surface area contributed by atoms with Crippen molar-refractivity contribution in [1.82, 2.24) is 14.8 Å². The van der Waals surface area contributed by atoms with Crippen LogP contribution in [0.1, 0.15) is 28.4 Å². The third kappa shape index (κ3) is 3.27. The van der Waals surface area contributed by atoms with Crippen LogP contribution in [0.2, 0.25) is 5.02 Å². The fourth-order valence-electron chi connectivity index (χ4n) is 3.91. The van der Waals surface area contributed by atoms with E-state index in [1.165, 1.54) is 0 Å². The molecule has 0 aliphatic carbocycles. The molecule has 0 spiro atoms. The lowest BCUT2D eigenvalue weighted by Gasteiger charge is -2.43. The Bertz CT molecular complexity index is 925. The molecule has 2 aromatic rings. The lowest BCUT2D eigenvalue weighted by molar-refractivity contribution is 0.0968. The Morgan fingerprint density at radius 1 is 1.12 bits per heavy atom. The fraction of sp³-hybridized carbons (Fsp3) is 0.316. The van der Waals surface area contributed by atoms with Crippen LogP contribution in [-0.2, 0) is 6.54 Å². The summed E-state index contributed by atoms with van der Waals surface area (Å²) < 4.78 is 1.88. The summed E-state index contributed by atoms with van der Waals surface area (Å²) in [5, 5.41) is 3.84. The van der Waals surface area contributed by atoms with Crippen molar-refractivity contribution < 1.29 is 4.79 Å². The van der Waals surface area contributed by atoms with Crippen molar-refractivity contribution in [3.63, 3.8) is 0 Å². The largest absolute Gasteiger partial charge is 0.348 e. The van der Waals surface area contributed by atoms with Crippen LogP contribution in [0, 0.1) is 5.92 Å². The van der Waals surface area contributed by atoms with Crippen molar-refractivity contribution in [2.24, 2.45) is 5.92 Å². The predicted octanol–water partition coefficient (Wildman–Crippen LogP) is 2.64. The molecule has 0 radical (unpaired) electrons. The van der Waals surface area contributed by atoms with Gasteiger partial charge in [-0.15, -0.1) is 0 Å². The van der Waals surface area contributed by atoms with Gasteiger partial charge in [-0.2, -0.15) is 0 Å². The zero-order chi connectivity index (χ0) is 18.3. The third-order valence-electron chi connectivity index (χ3n) is 5.09. The molecule has 5 nitrogen and oxygen atoms in total. The summed E-state index contributed by atoms with van der Waals surface area (Å²) in [6.45, 7) is 2.16. The topological polar surface area (TPSA) is 54.3 Å². The monoisotopic (exact) mass is 387 g/mol. The van der Waals surface area contributed by atoms with E-state index in [4.69, 9.17) is 23.8 Å². The molecule has 0 saturated carbocycles. The smallest absolute Gasteiger partial charge is 0.257 e. The van der Waals surface area contributed by atoms with Crippen molar-refractivity contribution in [2.75, 3.05) is 13.1 Å². The minimum atomic E-state index is -0.237. The Hall–Kier alpha value is -2.18. The van der Waals surface area contributed by atoms with Crippen LogP contribution in [0.3, 0.4) is 0 Å². The summed E-state index contributed by atoms with van der Waals surface area (Å²) in [4.78, 5) is 26.5. The van der Waals surface area contributed by atoms with Gasteiger partial charge in [0.1, 0.15) is 0 Å². The van der Waals surface area contributed by atoms with Gasteiger partial charge in [-0.3, -0.25) is 14.9 Å². The Labute approximate surface area is 161 Å². The van der Waals surface area contributed by atoms with E-state index in [1.807, 2.05) is 21.6 Å². The summed E-state index contributed by atoms with van der Waals surface area (Å²) >= 11 is 11.3. The van der Waals surface area contributed by atoms with Gasteiger partial charge in [0.25, 0.3) is 11.5 Å². The number of rotatable bonds is 1. The summed E-state index contributed by atoms with van der Waals surface area (Å²) in [6.07, 6.45) is 1.05. The third-order valence-corrected chi connectivity index (χ3v) is 5.71. The highest BCUT2D eigenvalue weighted by molar-refractivity contribution is 7.80. The maximum atomic E-state index is 12.4. The Morgan fingerprint density at radius 3 is 2.65 bits per heavy atom. The van der Waals surface area contributed by atoms with Crippen molar-refractivity contribution in [3.8, 4) is 0 Å². The van der Waals surface area contributed by atoms with Gasteiger partial charge in [0.05, 0.1) is 0 Å². The molecule has 1 N–H and O–H groups in total. The number of carbonyl (C=O) groups is 1. The SMILES string of the molecule is O=C(NC(=S)N1CC2CC(C1)c1cccc(=O)n1C2)c1ccc(Cl)cc1.